The van der Waals surface area contributed by atoms with Gasteiger partial charge < -0.3 is 4.74 Å². The van der Waals surface area contributed by atoms with Crippen molar-refractivity contribution in [1.29, 1.82) is 0 Å². The summed E-state index contributed by atoms with van der Waals surface area (Å²) in [6.07, 6.45) is 3.23. The highest BCUT2D eigenvalue weighted by atomic mass is 16.5. The minimum Gasteiger partial charge on any atom is -0.493 e. The van der Waals surface area contributed by atoms with E-state index in [2.05, 4.69) is 73.7 Å². The van der Waals surface area contributed by atoms with E-state index in [1.165, 1.54) is 33.4 Å². The Hall–Kier alpha value is -2.54. The van der Waals surface area contributed by atoms with Gasteiger partial charge in [0.2, 0.25) is 0 Å². The number of benzene rings is 3. The number of hydrogen-bond donors (Lipinski definition) is 0. The van der Waals surface area contributed by atoms with Crippen LogP contribution in [0.1, 0.15) is 30.9 Å². The third kappa shape index (κ3) is 2.60. The molecule has 1 heteroatoms. The Bertz CT molecular complexity index is 849. The third-order valence-corrected chi connectivity index (χ3v) is 4.77. The van der Waals surface area contributed by atoms with Gasteiger partial charge in [-0.2, -0.15) is 0 Å². The second kappa shape index (κ2) is 6.52. The maximum atomic E-state index is 6.16. The number of hydrogen-bond acceptors (Lipinski definition) is 1. The molecule has 0 N–H and O–H groups in total. The normalized spacial score (nSPS) is 11.9. The average Bonchev–Trinajstić information content (AvgIpc) is 3.01. The summed E-state index contributed by atoms with van der Waals surface area (Å²) in [4.78, 5) is 0. The molecule has 0 spiro atoms. The first-order valence-corrected chi connectivity index (χ1v) is 8.81. The lowest BCUT2D eigenvalue weighted by Crippen LogP contribution is -2.00. The number of rotatable bonds is 5. The van der Waals surface area contributed by atoms with Gasteiger partial charge in [0.25, 0.3) is 0 Å². The number of ether oxygens (including phenoxy) is 1. The quantitative estimate of drug-likeness (QED) is 0.404. The van der Waals surface area contributed by atoms with Crippen LogP contribution < -0.4 is 4.74 Å². The maximum Gasteiger partial charge on any atom is 0.127 e. The van der Waals surface area contributed by atoms with E-state index in [9.17, 15) is 0 Å². The molecule has 4 rings (SSSR count). The van der Waals surface area contributed by atoms with Gasteiger partial charge in [0.1, 0.15) is 5.75 Å². The lowest BCUT2D eigenvalue weighted by Gasteiger charge is -2.16. The Labute approximate surface area is 143 Å². The van der Waals surface area contributed by atoms with Gasteiger partial charge in [-0.25, -0.2) is 0 Å². The van der Waals surface area contributed by atoms with Crippen LogP contribution in [0.2, 0.25) is 0 Å². The molecule has 0 fully saturated rings. The Morgan fingerprint density at radius 2 is 1.62 bits per heavy atom. The van der Waals surface area contributed by atoms with Crippen molar-refractivity contribution in [3.05, 3.63) is 77.9 Å². The van der Waals surface area contributed by atoms with Crippen molar-refractivity contribution in [3.8, 4) is 28.0 Å². The zero-order valence-electron chi connectivity index (χ0n) is 14.1. The fraction of sp³-hybridized carbons (Fsp3) is 0.217. The van der Waals surface area contributed by atoms with Crippen LogP contribution in [0.25, 0.3) is 22.3 Å². The van der Waals surface area contributed by atoms with Crippen LogP contribution >= 0.6 is 0 Å². The van der Waals surface area contributed by atoms with Gasteiger partial charge in [-0.3, -0.25) is 0 Å². The second-order valence-electron chi connectivity index (χ2n) is 6.37. The third-order valence-electron chi connectivity index (χ3n) is 4.77. The molecule has 0 radical (unpaired) electrons. The predicted octanol–water partition coefficient (Wildman–Crippen LogP) is 6.10. The summed E-state index contributed by atoms with van der Waals surface area (Å²) in [6.45, 7) is 2.98. The van der Waals surface area contributed by atoms with Gasteiger partial charge in [-0.05, 0) is 46.7 Å². The Morgan fingerprint density at radius 3 is 2.46 bits per heavy atom. The predicted molar refractivity (Wildman–Crippen MR) is 101 cm³/mol. The van der Waals surface area contributed by atoms with E-state index in [1.807, 2.05) is 0 Å². The summed E-state index contributed by atoms with van der Waals surface area (Å²) in [5, 5.41) is 0. The highest BCUT2D eigenvalue weighted by Crippen LogP contribution is 2.45. The molecular formula is C23H22O. The minimum atomic E-state index is 0.780. The van der Waals surface area contributed by atoms with Crippen molar-refractivity contribution in [3.63, 3.8) is 0 Å². The van der Waals surface area contributed by atoms with Crippen LogP contribution in [0.15, 0.2) is 66.7 Å². The van der Waals surface area contributed by atoms with Crippen LogP contribution in [0.3, 0.4) is 0 Å². The Morgan fingerprint density at radius 1 is 0.833 bits per heavy atom. The van der Waals surface area contributed by atoms with Crippen molar-refractivity contribution in [1.82, 2.24) is 0 Å². The molecule has 0 atom stereocenters. The van der Waals surface area contributed by atoms with E-state index in [0.29, 0.717) is 0 Å². The minimum absolute atomic E-state index is 0.780. The van der Waals surface area contributed by atoms with E-state index in [0.717, 1.165) is 31.6 Å². The van der Waals surface area contributed by atoms with Crippen molar-refractivity contribution in [2.45, 2.75) is 26.2 Å². The highest BCUT2D eigenvalue weighted by Gasteiger charge is 2.24. The molecule has 0 saturated heterocycles. The smallest absolute Gasteiger partial charge is 0.127 e. The molecule has 0 aliphatic heterocycles. The summed E-state index contributed by atoms with van der Waals surface area (Å²) in [6, 6.07) is 23.8. The summed E-state index contributed by atoms with van der Waals surface area (Å²) in [5.41, 5.74) is 8.04. The largest absolute Gasteiger partial charge is 0.493 e. The van der Waals surface area contributed by atoms with Crippen LogP contribution in [-0.2, 0) is 6.42 Å². The molecule has 0 aromatic heterocycles. The first-order chi connectivity index (χ1) is 11.9. The standard InChI is InChI=1S/C23H22O/c1-2-3-15-24-22-14-13-20-19-12-8-7-11-18(19)16-21(20)23(22)17-9-5-4-6-10-17/h4-14H,2-3,15-16H2,1H3. The molecular weight excluding hydrogens is 292 g/mol. The molecule has 0 heterocycles. The maximum absolute atomic E-state index is 6.16. The number of unbranched alkanes of at least 4 members (excludes halogenated alkanes) is 1. The molecule has 1 nitrogen and oxygen atoms in total. The van der Waals surface area contributed by atoms with Gasteiger partial charge in [0.05, 0.1) is 6.61 Å². The monoisotopic (exact) mass is 314 g/mol. The summed E-state index contributed by atoms with van der Waals surface area (Å²) in [5.74, 6) is 1.02. The molecule has 0 bridgehead atoms. The van der Waals surface area contributed by atoms with Crippen LogP contribution in [0, 0.1) is 0 Å². The number of fused-ring (bicyclic) bond motifs is 3. The first kappa shape index (κ1) is 15.0. The zero-order valence-corrected chi connectivity index (χ0v) is 14.1. The molecule has 3 aromatic rings. The van der Waals surface area contributed by atoms with Crippen molar-refractivity contribution in [2.24, 2.45) is 0 Å². The summed E-state index contributed by atoms with van der Waals surface area (Å²) >= 11 is 0. The molecule has 3 aromatic carbocycles. The fourth-order valence-electron chi connectivity index (χ4n) is 3.56. The van der Waals surface area contributed by atoms with Crippen LogP contribution in [-0.4, -0.2) is 6.61 Å². The molecule has 1 aliphatic rings. The van der Waals surface area contributed by atoms with Gasteiger partial charge in [-0.15, -0.1) is 0 Å². The molecule has 0 amide bonds. The molecule has 24 heavy (non-hydrogen) atoms. The lowest BCUT2D eigenvalue weighted by atomic mass is 9.94. The molecule has 1 aliphatic carbocycles. The van der Waals surface area contributed by atoms with Crippen LogP contribution in [0.5, 0.6) is 5.75 Å². The zero-order chi connectivity index (χ0) is 16.4. The van der Waals surface area contributed by atoms with Gasteiger partial charge in [-0.1, -0.05) is 74.0 Å². The van der Waals surface area contributed by atoms with E-state index in [4.69, 9.17) is 4.74 Å². The average molecular weight is 314 g/mol. The van der Waals surface area contributed by atoms with Crippen molar-refractivity contribution in [2.75, 3.05) is 6.61 Å². The molecule has 0 saturated carbocycles. The summed E-state index contributed by atoms with van der Waals surface area (Å²) < 4.78 is 6.16. The van der Waals surface area contributed by atoms with E-state index in [-0.39, 0.29) is 0 Å². The van der Waals surface area contributed by atoms with Crippen molar-refractivity contribution < 1.29 is 4.74 Å². The van der Waals surface area contributed by atoms with E-state index < -0.39 is 0 Å². The van der Waals surface area contributed by atoms with Gasteiger partial charge in [0, 0.05) is 5.56 Å². The Kier molecular flexibility index (Phi) is 4.08. The van der Waals surface area contributed by atoms with Gasteiger partial charge in [0.15, 0.2) is 0 Å². The summed E-state index contributed by atoms with van der Waals surface area (Å²) in [7, 11) is 0. The van der Waals surface area contributed by atoms with E-state index in [1.54, 1.807) is 0 Å². The van der Waals surface area contributed by atoms with E-state index >= 15 is 0 Å². The van der Waals surface area contributed by atoms with Crippen molar-refractivity contribution >= 4 is 0 Å². The molecule has 120 valence electrons. The topological polar surface area (TPSA) is 9.23 Å². The first-order valence-electron chi connectivity index (χ1n) is 8.81. The van der Waals surface area contributed by atoms with Crippen LogP contribution in [0.4, 0.5) is 0 Å². The highest BCUT2D eigenvalue weighted by molar-refractivity contribution is 5.87. The van der Waals surface area contributed by atoms with Gasteiger partial charge >= 0.3 is 0 Å². The molecule has 0 unspecified atom stereocenters. The Balaban J connectivity index is 1.85. The second-order valence-corrected chi connectivity index (χ2v) is 6.37. The lowest BCUT2D eigenvalue weighted by molar-refractivity contribution is 0.310. The fourth-order valence-corrected chi connectivity index (χ4v) is 3.56. The SMILES string of the molecule is CCCCOc1ccc2c(c1-c1ccccc1)Cc1ccccc1-2.